The summed E-state index contributed by atoms with van der Waals surface area (Å²) < 4.78 is 5.75. The number of aromatic nitrogens is 1. The molecule has 4 heteroatoms. The molecule has 2 N–H and O–H groups in total. The number of hydrogen-bond acceptors (Lipinski definition) is 4. The summed E-state index contributed by atoms with van der Waals surface area (Å²) in [5, 5.41) is 15.6. The minimum atomic E-state index is -0.227. The Labute approximate surface area is 177 Å². The van der Waals surface area contributed by atoms with E-state index in [0.29, 0.717) is 5.52 Å². The van der Waals surface area contributed by atoms with E-state index in [1.54, 1.807) is 0 Å². The molecule has 30 heavy (non-hydrogen) atoms. The lowest BCUT2D eigenvalue weighted by atomic mass is 9.96. The van der Waals surface area contributed by atoms with Crippen LogP contribution in [0.15, 0.2) is 78.9 Å². The van der Waals surface area contributed by atoms with E-state index in [1.165, 1.54) is 0 Å². The lowest BCUT2D eigenvalue weighted by molar-refractivity contribution is 0.242. The third-order valence-corrected chi connectivity index (χ3v) is 4.99. The van der Waals surface area contributed by atoms with Crippen molar-refractivity contribution in [2.75, 3.05) is 5.32 Å². The van der Waals surface area contributed by atoms with E-state index in [0.717, 1.165) is 33.6 Å². The Morgan fingerprint density at radius 1 is 0.867 bits per heavy atom. The number of ether oxygens (including phenoxy) is 1. The van der Waals surface area contributed by atoms with Gasteiger partial charge in [-0.2, -0.15) is 0 Å². The molecule has 4 aromatic rings. The largest absolute Gasteiger partial charge is 0.505 e. The average molecular weight is 399 g/mol. The van der Waals surface area contributed by atoms with Gasteiger partial charge in [-0.25, -0.2) is 4.98 Å². The number of anilines is 1. The average Bonchev–Trinajstić information content (AvgIpc) is 2.74. The van der Waals surface area contributed by atoms with Crippen LogP contribution in [0.4, 0.5) is 5.69 Å². The molecule has 4 nitrogen and oxygen atoms in total. The van der Waals surface area contributed by atoms with Gasteiger partial charge in [-0.15, -0.1) is 0 Å². The first-order chi connectivity index (χ1) is 14.5. The lowest BCUT2D eigenvalue weighted by Crippen LogP contribution is -2.13. The minimum Gasteiger partial charge on any atom is -0.505 e. The molecule has 1 atom stereocenters. The molecule has 152 valence electrons. The SMILES string of the molecule is Cc1ccc2ccc(C(Nc3ccc(OC(C)C)cc3)c3ccccc3)c(O)c2n1. The van der Waals surface area contributed by atoms with E-state index in [4.69, 9.17) is 4.74 Å². The number of rotatable bonds is 6. The third-order valence-electron chi connectivity index (χ3n) is 4.99. The van der Waals surface area contributed by atoms with Gasteiger partial charge >= 0.3 is 0 Å². The van der Waals surface area contributed by atoms with Crippen LogP contribution in [-0.2, 0) is 0 Å². The minimum absolute atomic E-state index is 0.131. The van der Waals surface area contributed by atoms with Crippen LogP contribution in [0.1, 0.15) is 36.7 Å². The first-order valence-corrected chi connectivity index (χ1v) is 10.2. The van der Waals surface area contributed by atoms with E-state index in [1.807, 2.05) is 87.5 Å². The summed E-state index contributed by atoms with van der Waals surface area (Å²) >= 11 is 0. The predicted octanol–water partition coefficient (Wildman–Crippen LogP) is 6.24. The van der Waals surface area contributed by atoms with E-state index in [-0.39, 0.29) is 17.9 Å². The van der Waals surface area contributed by atoms with Crippen LogP contribution in [-0.4, -0.2) is 16.2 Å². The van der Waals surface area contributed by atoms with E-state index in [9.17, 15) is 5.11 Å². The monoisotopic (exact) mass is 398 g/mol. The molecular weight excluding hydrogens is 372 g/mol. The van der Waals surface area contributed by atoms with Crippen LogP contribution in [0.25, 0.3) is 10.9 Å². The van der Waals surface area contributed by atoms with Crippen molar-refractivity contribution in [2.24, 2.45) is 0 Å². The second kappa shape index (κ2) is 8.46. The zero-order valence-corrected chi connectivity index (χ0v) is 17.5. The Morgan fingerprint density at radius 2 is 1.57 bits per heavy atom. The molecule has 3 aromatic carbocycles. The number of phenols is 1. The zero-order valence-electron chi connectivity index (χ0n) is 17.5. The number of fused-ring (bicyclic) bond motifs is 1. The van der Waals surface area contributed by atoms with Crippen LogP contribution in [0, 0.1) is 6.92 Å². The van der Waals surface area contributed by atoms with Gasteiger partial charge < -0.3 is 15.2 Å². The fourth-order valence-corrected chi connectivity index (χ4v) is 3.57. The van der Waals surface area contributed by atoms with Crippen molar-refractivity contribution in [3.8, 4) is 11.5 Å². The second-order valence-electron chi connectivity index (χ2n) is 7.71. The topological polar surface area (TPSA) is 54.4 Å². The van der Waals surface area contributed by atoms with Crippen LogP contribution < -0.4 is 10.1 Å². The van der Waals surface area contributed by atoms with E-state index >= 15 is 0 Å². The van der Waals surface area contributed by atoms with Gasteiger partial charge in [0.2, 0.25) is 0 Å². The maximum atomic E-state index is 11.1. The quantitative estimate of drug-likeness (QED) is 0.404. The zero-order chi connectivity index (χ0) is 21.1. The second-order valence-corrected chi connectivity index (χ2v) is 7.71. The first-order valence-electron chi connectivity index (χ1n) is 10.2. The van der Waals surface area contributed by atoms with Gasteiger partial charge in [-0.05, 0) is 56.7 Å². The maximum Gasteiger partial charge on any atom is 0.147 e. The Kier molecular flexibility index (Phi) is 5.57. The summed E-state index contributed by atoms with van der Waals surface area (Å²) in [6.07, 6.45) is 0.131. The molecule has 4 rings (SSSR count). The standard InChI is InChI=1S/C26H26N2O2/c1-17(2)30-22-14-12-21(13-15-22)28-24(19-7-5-4-6-8-19)23-16-11-20-10-9-18(3)27-25(20)26(23)29/h4-17,24,28-29H,1-3H3. The summed E-state index contributed by atoms with van der Waals surface area (Å²) in [6, 6.07) is 25.7. The number of aryl methyl sites for hydroxylation is 1. The molecule has 1 aromatic heterocycles. The highest BCUT2D eigenvalue weighted by Gasteiger charge is 2.20. The number of nitrogens with one attached hydrogen (secondary N) is 1. The normalized spacial score (nSPS) is 12.1. The molecule has 0 saturated carbocycles. The van der Waals surface area contributed by atoms with Crippen molar-refractivity contribution >= 4 is 16.6 Å². The molecular formula is C26H26N2O2. The summed E-state index contributed by atoms with van der Waals surface area (Å²) in [5.41, 5.74) is 4.28. The summed E-state index contributed by atoms with van der Waals surface area (Å²) in [7, 11) is 0. The van der Waals surface area contributed by atoms with Gasteiger partial charge in [-0.1, -0.05) is 48.5 Å². The van der Waals surface area contributed by atoms with Crippen molar-refractivity contribution in [3.05, 3.63) is 95.7 Å². The van der Waals surface area contributed by atoms with Crippen LogP contribution >= 0.6 is 0 Å². The Balaban J connectivity index is 1.74. The predicted molar refractivity (Wildman–Crippen MR) is 122 cm³/mol. The molecule has 0 fully saturated rings. The van der Waals surface area contributed by atoms with Crippen LogP contribution in [0.2, 0.25) is 0 Å². The van der Waals surface area contributed by atoms with Crippen molar-refractivity contribution in [3.63, 3.8) is 0 Å². The smallest absolute Gasteiger partial charge is 0.147 e. The molecule has 1 unspecified atom stereocenters. The fourth-order valence-electron chi connectivity index (χ4n) is 3.57. The highest BCUT2D eigenvalue weighted by atomic mass is 16.5. The van der Waals surface area contributed by atoms with Gasteiger partial charge in [0.15, 0.2) is 0 Å². The van der Waals surface area contributed by atoms with Gasteiger partial charge in [0.25, 0.3) is 0 Å². The third kappa shape index (κ3) is 4.23. The molecule has 0 bridgehead atoms. The number of pyridine rings is 1. The highest BCUT2D eigenvalue weighted by molar-refractivity contribution is 5.86. The Morgan fingerprint density at radius 3 is 2.27 bits per heavy atom. The molecule has 0 amide bonds. The van der Waals surface area contributed by atoms with E-state index in [2.05, 4.69) is 22.4 Å². The summed E-state index contributed by atoms with van der Waals surface area (Å²) in [5.74, 6) is 1.04. The van der Waals surface area contributed by atoms with E-state index < -0.39 is 0 Å². The Bertz CT molecular complexity index is 1140. The number of phenolic OH excluding ortho intramolecular Hbond substituents is 1. The molecule has 0 aliphatic heterocycles. The fraction of sp³-hybridized carbons (Fsp3) is 0.192. The number of aromatic hydroxyl groups is 1. The molecule has 1 heterocycles. The van der Waals surface area contributed by atoms with Crippen LogP contribution in [0.3, 0.4) is 0 Å². The molecule has 0 aliphatic rings. The highest BCUT2D eigenvalue weighted by Crippen LogP contribution is 2.36. The van der Waals surface area contributed by atoms with Crippen LogP contribution in [0.5, 0.6) is 11.5 Å². The van der Waals surface area contributed by atoms with Gasteiger partial charge in [-0.3, -0.25) is 0 Å². The molecule has 0 aliphatic carbocycles. The van der Waals surface area contributed by atoms with Crippen molar-refractivity contribution in [1.29, 1.82) is 0 Å². The number of nitrogens with zero attached hydrogens (tertiary/aromatic N) is 1. The van der Waals surface area contributed by atoms with Crippen molar-refractivity contribution in [2.45, 2.75) is 32.9 Å². The summed E-state index contributed by atoms with van der Waals surface area (Å²) in [4.78, 5) is 4.56. The number of hydrogen-bond donors (Lipinski definition) is 2. The maximum absolute atomic E-state index is 11.1. The first kappa shape index (κ1) is 19.8. The van der Waals surface area contributed by atoms with Crippen molar-refractivity contribution < 1.29 is 9.84 Å². The van der Waals surface area contributed by atoms with Gasteiger partial charge in [0, 0.05) is 22.3 Å². The van der Waals surface area contributed by atoms with Gasteiger partial charge in [0.1, 0.15) is 17.0 Å². The summed E-state index contributed by atoms with van der Waals surface area (Å²) in [6.45, 7) is 5.95. The molecule has 0 radical (unpaired) electrons. The Hall–Kier alpha value is -3.53. The number of benzene rings is 3. The molecule has 0 saturated heterocycles. The van der Waals surface area contributed by atoms with Crippen molar-refractivity contribution in [1.82, 2.24) is 4.98 Å². The molecule has 0 spiro atoms. The van der Waals surface area contributed by atoms with Gasteiger partial charge in [0.05, 0.1) is 12.1 Å². The lowest BCUT2D eigenvalue weighted by Gasteiger charge is -2.23.